The molecule has 5 heteroatoms. The number of benzene rings is 1. The van der Waals surface area contributed by atoms with Crippen LogP contribution in [0.2, 0.25) is 0 Å². The highest BCUT2D eigenvalue weighted by Gasteiger charge is 2.51. The third kappa shape index (κ3) is 2.17. The Bertz CT molecular complexity index is 943. The van der Waals surface area contributed by atoms with E-state index >= 15 is 0 Å². The molecule has 4 rings (SSSR count). The molecule has 1 aliphatic carbocycles. The number of fused-ring (bicyclic) bond motifs is 1. The van der Waals surface area contributed by atoms with Gasteiger partial charge in [0.25, 0.3) is 0 Å². The number of phenols is 1. The van der Waals surface area contributed by atoms with E-state index in [1.54, 1.807) is 36.0 Å². The zero-order valence-electron chi connectivity index (χ0n) is 13.3. The number of hydrogen-bond acceptors (Lipinski definition) is 5. The van der Waals surface area contributed by atoms with Crippen molar-refractivity contribution >= 4 is 11.3 Å². The molecule has 1 atom stereocenters. The molecule has 1 aliphatic rings. The van der Waals surface area contributed by atoms with E-state index in [0.29, 0.717) is 12.8 Å². The Morgan fingerprint density at radius 2 is 1.96 bits per heavy atom. The van der Waals surface area contributed by atoms with Crippen molar-refractivity contribution in [3.8, 4) is 17.9 Å². The number of thiophene rings is 1. The summed E-state index contributed by atoms with van der Waals surface area (Å²) < 4.78 is 5.35. The minimum absolute atomic E-state index is 0.136. The predicted molar refractivity (Wildman–Crippen MR) is 93.0 cm³/mol. The summed E-state index contributed by atoms with van der Waals surface area (Å²) in [6.07, 6.45) is 3.94. The molecule has 1 aromatic carbocycles. The zero-order valence-corrected chi connectivity index (χ0v) is 14.1. The summed E-state index contributed by atoms with van der Waals surface area (Å²) in [6.45, 7) is 0. The van der Waals surface area contributed by atoms with Gasteiger partial charge in [0.05, 0.1) is 30.1 Å². The fourth-order valence-electron chi connectivity index (χ4n) is 3.96. The van der Waals surface area contributed by atoms with Gasteiger partial charge < -0.3 is 9.52 Å². The zero-order chi connectivity index (χ0) is 17.5. The maximum absolute atomic E-state index is 9.95. The topological polar surface area (TPSA) is 81.0 Å². The summed E-state index contributed by atoms with van der Waals surface area (Å²) in [5.74, 6) is 0.136. The highest BCUT2D eigenvalue weighted by atomic mass is 32.1. The van der Waals surface area contributed by atoms with Crippen LogP contribution in [0.25, 0.3) is 0 Å². The number of furan rings is 1. The van der Waals surface area contributed by atoms with Crippen molar-refractivity contribution in [1.29, 1.82) is 10.5 Å². The Hall–Kier alpha value is -3.02. The molecule has 0 saturated heterocycles. The molecule has 1 unspecified atom stereocenters. The van der Waals surface area contributed by atoms with Crippen molar-refractivity contribution in [3.63, 3.8) is 0 Å². The fourth-order valence-corrected chi connectivity index (χ4v) is 4.69. The lowest BCUT2D eigenvalue weighted by Gasteiger charge is -2.43. The quantitative estimate of drug-likeness (QED) is 0.747. The summed E-state index contributed by atoms with van der Waals surface area (Å²) in [6, 6.07) is 13.6. The highest BCUT2D eigenvalue weighted by molar-refractivity contribution is 7.08. The molecule has 2 aromatic heterocycles. The minimum Gasteiger partial charge on any atom is -0.508 e. The monoisotopic (exact) mass is 346 g/mol. The molecule has 1 N–H and O–H groups in total. The van der Waals surface area contributed by atoms with Crippen LogP contribution in [0.4, 0.5) is 0 Å². The van der Waals surface area contributed by atoms with E-state index in [-0.39, 0.29) is 5.75 Å². The Morgan fingerprint density at radius 3 is 2.60 bits per heavy atom. The van der Waals surface area contributed by atoms with Crippen molar-refractivity contribution in [2.45, 2.75) is 18.3 Å². The second-order valence-corrected chi connectivity index (χ2v) is 7.21. The first-order valence-corrected chi connectivity index (χ1v) is 8.78. The molecule has 0 amide bonds. The van der Waals surface area contributed by atoms with Gasteiger partial charge in [0.15, 0.2) is 0 Å². The molecule has 2 heterocycles. The normalized spacial score (nSPS) is 21.0. The molecule has 0 aliphatic heterocycles. The van der Waals surface area contributed by atoms with Crippen LogP contribution in [-0.2, 0) is 11.8 Å². The summed E-state index contributed by atoms with van der Waals surface area (Å²) in [7, 11) is 0. The number of aromatic hydroxyl groups is 1. The second kappa shape index (κ2) is 5.51. The largest absolute Gasteiger partial charge is 0.508 e. The van der Waals surface area contributed by atoms with Crippen LogP contribution in [0.3, 0.4) is 0 Å². The Kier molecular flexibility index (Phi) is 3.42. The molecule has 3 aromatic rings. The van der Waals surface area contributed by atoms with Crippen molar-refractivity contribution in [3.05, 3.63) is 75.9 Å². The average Bonchev–Trinajstić information content (AvgIpc) is 3.34. The number of hydrogen-bond donors (Lipinski definition) is 1. The van der Waals surface area contributed by atoms with Crippen LogP contribution in [0.15, 0.2) is 58.0 Å². The van der Waals surface area contributed by atoms with E-state index in [0.717, 1.165) is 22.3 Å². The summed E-state index contributed by atoms with van der Waals surface area (Å²) in [5.41, 5.74) is 1.94. The lowest BCUT2D eigenvalue weighted by molar-refractivity contribution is 0.352. The number of rotatable bonds is 2. The first kappa shape index (κ1) is 15.5. The van der Waals surface area contributed by atoms with Gasteiger partial charge in [-0.2, -0.15) is 21.9 Å². The minimum atomic E-state index is -1.17. The summed E-state index contributed by atoms with van der Waals surface area (Å²) in [5, 5.41) is 33.6. The third-order valence-electron chi connectivity index (χ3n) is 5.06. The van der Waals surface area contributed by atoms with Crippen LogP contribution < -0.4 is 0 Å². The Balaban J connectivity index is 2.10. The van der Waals surface area contributed by atoms with Gasteiger partial charge in [0.1, 0.15) is 11.2 Å². The van der Waals surface area contributed by atoms with Crippen LogP contribution >= 0.6 is 11.3 Å². The van der Waals surface area contributed by atoms with Crippen molar-refractivity contribution < 1.29 is 9.52 Å². The van der Waals surface area contributed by atoms with Crippen LogP contribution in [0.5, 0.6) is 5.75 Å². The first-order chi connectivity index (χ1) is 12.1. The number of nitriles is 2. The number of phenolic OH excluding ortho intramolecular Hbond substituents is 1. The highest BCUT2D eigenvalue weighted by Crippen LogP contribution is 2.54. The van der Waals surface area contributed by atoms with Gasteiger partial charge in [-0.15, -0.1) is 0 Å². The molecule has 0 fully saturated rings. The predicted octanol–water partition coefficient (Wildman–Crippen LogP) is 4.36. The van der Waals surface area contributed by atoms with E-state index in [1.165, 1.54) is 0 Å². The van der Waals surface area contributed by atoms with Crippen LogP contribution in [-0.4, -0.2) is 5.11 Å². The maximum atomic E-state index is 9.95. The van der Waals surface area contributed by atoms with Crippen molar-refractivity contribution in [1.82, 2.24) is 0 Å². The van der Waals surface area contributed by atoms with E-state index in [2.05, 4.69) is 17.5 Å². The van der Waals surface area contributed by atoms with Crippen molar-refractivity contribution in [2.24, 2.45) is 5.41 Å². The van der Waals surface area contributed by atoms with Gasteiger partial charge in [-0.25, -0.2) is 0 Å². The fraction of sp³-hybridized carbons (Fsp3) is 0.200. The van der Waals surface area contributed by atoms with Gasteiger partial charge in [-0.05, 0) is 58.1 Å². The molecule has 0 radical (unpaired) electrons. The van der Waals surface area contributed by atoms with E-state index in [9.17, 15) is 15.6 Å². The van der Waals surface area contributed by atoms with Gasteiger partial charge in [0.2, 0.25) is 0 Å². The molecule has 25 heavy (non-hydrogen) atoms. The molecular formula is C20H14N2O2S. The van der Waals surface area contributed by atoms with E-state index in [1.807, 2.05) is 23.6 Å². The smallest absolute Gasteiger partial charge is 0.149 e. The average molecular weight is 346 g/mol. The van der Waals surface area contributed by atoms with E-state index < -0.39 is 10.8 Å². The van der Waals surface area contributed by atoms with Gasteiger partial charge in [0, 0.05) is 12.0 Å². The standard InChI is InChI=1S/C20H14N2O2S/c21-12-19(13-22)8-14-7-17(23)1-2-18(14)20(11-19,15-3-5-24-9-15)16-4-6-25-10-16/h1-7,9-10,23H,8,11H2. The van der Waals surface area contributed by atoms with Crippen LogP contribution in [0.1, 0.15) is 28.7 Å². The molecule has 0 saturated carbocycles. The molecular weight excluding hydrogens is 332 g/mol. The molecule has 0 bridgehead atoms. The maximum Gasteiger partial charge on any atom is 0.149 e. The summed E-state index contributed by atoms with van der Waals surface area (Å²) >= 11 is 1.58. The Morgan fingerprint density at radius 1 is 1.12 bits per heavy atom. The third-order valence-corrected chi connectivity index (χ3v) is 5.75. The summed E-state index contributed by atoms with van der Waals surface area (Å²) in [4.78, 5) is 0. The number of nitrogens with zero attached hydrogens (tertiary/aromatic N) is 2. The molecule has 122 valence electrons. The van der Waals surface area contributed by atoms with Gasteiger partial charge >= 0.3 is 0 Å². The Labute approximate surface area is 149 Å². The van der Waals surface area contributed by atoms with Gasteiger partial charge in [-0.1, -0.05) is 6.07 Å². The SMILES string of the molecule is N#CC1(C#N)Cc2cc(O)ccc2C(c2ccoc2)(c2ccsc2)C1. The lowest BCUT2D eigenvalue weighted by Crippen LogP contribution is -2.42. The van der Waals surface area contributed by atoms with Crippen LogP contribution in [0, 0.1) is 28.1 Å². The second-order valence-electron chi connectivity index (χ2n) is 6.43. The molecule has 4 nitrogen and oxygen atoms in total. The van der Waals surface area contributed by atoms with Gasteiger partial charge in [-0.3, -0.25) is 0 Å². The first-order valence-electron chi connectivity index (χ1n) is 7.84. The molecule has 0 spiro atoms. The lowest BCUT2D eigenvalue weighted by atomic mass is 9.56. The van der Waals surface area contributed by atoms with Crippen molar-refractivity contribution in [2.75, 3.05) is 0 Å². The van der Waals surface area contributed by atoms with E-state index in [4.69, 9.17) is 4.42 Å².